The fourth-order valence-electron chi connectivity index (χ4n) is 0. The summed E-state index contributed by atoms with van der Waals surface area (Å²) in [6, 6.07) is 0. The van der Waals surface area contributed by atoms with Gasteiger partial charge in [0.15, 0.2) is 0 Å². The molecule has 0 saturated carbocycles. The molecule has 0 spiro atoms. The molecular weight excluding hydrogens is 111 g/mol. The quantitative estimate of drug-likeness (QED) is 0.355. The molecule has 0 amide bonds. The molecule has 0 rings (SSSR count). The average molecular weight is 118 g/mol. The third-order valence-electron chi connectivity index (χ3n) is 0.175. The first-order chi connectivity index (χ1) is 2.27. The van der Waals surface area contributed by atoms with E-state index in [0.29, 0.717) is 0 Å². The molecule has 0 aromatic rings. The van der Waals surface area contributed by atoms with Crippen LogP contribution in [0.2, 0.25) is 0 Å². The Balaban J connectivity index is 0. The van der Waals surface area contributed by atoms with Crippen LogP contribution in [-0.2, 0) is 4.79 Å². The molecule has 0 aliphatic rings. The van der Waals surface area contributed by atoms with Gasteiger partial charge < -0.3 is 5.11 Å². The van der Waals surface area contributed by atoms with Gasteiger partial charge in [-0.1, -0.05) is 0 Å². The first kappa shape index (κ1) is 9.83. The van der Waals surface area contributed by atoms with Gasteiger partial charge in [0, 0.05) is 0 Å². The van der Waals surface area contributed by atoms with E-state index in [1.165, 1.54) is 0 Å². The van der Waals surface area contributed by atoms with Crippen molar-refractivity contribution >= 4 is 38.3 Å². The van der Waals surface area contributed by atoms with Gasteiger partial charge in [0.25, 0.3) is 0 Å². The maximum Gasteiger partial charge on any atom is 0.316 e. The minimum Gasteiger partial charge on any atom is -0.481 e. The molecule has 6 heavy (non-hydrogen) atoms. The molecule has 2 nitrogen and oxygen atoms in total. The van der Waals surface area contributed by atoms with Gasteiger partial charge in [-0.05, 0) is 0 Å². The molecule has 0 heterocycles. The summed E-state index contributed by atoms with van der Waals surface area (Å²) in [7, 11) is 2.09. The summed E-state index contributed by atoms with van der Waals surface area (Å²) < 4.78 is 0. The second-order valence-electron chi connectivity index (χ2n) is 0.598. The Morgan fingerprint density at radius 3 is 2.00 bits per heavy atom. The number of hydrogen-bond acceptors (Lipinski definition) is 1. The Morgan fingerprint density at radius 2 is 2.00 bits per heavy atom. The van der Waals surface area contributed by atoms with Crippen molar-refractivity contribution in [1.82, 2.24) is 0 Å². The predicted molar refractivity (Wildman–Crippen MR) is 30.8 cm³/mol. The van der Waals surface area contributed by atoms with Crippen molar-refractivity contribution in [1.29, 1.82) is 0 Å². The van der Waals surface area contributed by atoms with Gasteiger partial charge in [-0.25, -0.2) is 0 Å². The zero-order chi connectivity index (χ0) is 4.28. The Bertz CT molecular complexity index is 46.8. The lowest BCUT2D eigenvalue weighted by Gasteiger charge is -1.72. The maximum absolute atomic E-state index is 9.35. The van der Waals surface area contributed by atoms with E-state index in [0.717, 1.165) is 0 Å². The number of carboxylic acid groups (broad SMARTS) is 1. The molecule has 34 valence electrons. The molecule has 0 aromatic heterocycles. The van der Waals surface area contributed by atoms with Crippen molar-refractivity contribution in [3.63, 3.8) is 0 Å². The molecule has 0 saturated heterocycles. The normalized spacial score (nSPS) is 6.17. The van der Waals surface area contributed by atoms with Crippen LogP contribution < -0.4 is 0 Å². The average Bonchev–Trinajstić information content (AvgIpc) is 1.38. The summed E-state index contributed by atoms with van der Waals surface area (Å²) in [6.45, 7) is 0. The van der Waals surface area contributed by atoms with Crippen LogP contribution in [0, 0.1) is 0 Å². The van der Waals surface area contributed by atoms with Crippen LogP contribution in [0.3, 0.4) is 0 Å². The number of aliphatic carboxylic acids is 1. The number of rotatable bonds is 1. The molecule has 0 fully saturated rings. The summed E-state index contributed by atoms with van der Waals surface area (Å²) in [5, 5.41) is 7.70. The Hall–Kier alpha value is 0.666. The van der Waals surface area contributed by atoms with Gasteiger partial charge in [-0.2, -0.15) is 0 Å². The largest absolute Gasteiger partial charge is 0.481 e. The number of carbonyl (C=O) groups is 1. The van der Waals surface area contributed by atoms with Crippen molar-refractivity contribution in [3.05, 3.63) is 0 Å². The van der Waals surface area contributed by atoms with Crippen molar-refractivity contribution in [2.75, 3.05) is 6.16 Å². The Kier molecular flexibility index (Phi) is 9.28. The first-order valence-corrected chi connectivity index (χ1v) is 2.01. The van der Waals surface area contributed by atoms with Crippen LogP contribution in [0.25, 0.3) is 0 Å². The summed E-state index contributed by atoms with van der Waals surface area (Å²) >= 11 is 0. The lowest BCUT2D eigenvalue weighted by molar-refractivity contribution is -0.133. The third-order valence-corrected chi connectivity index (χ3v) is 0.524. The van der Waals surface area contributed by atoms with Crippen LogP contribution in [0.1, 0.15) is 0 Å². The monoisotopic (exact) mass is 118 g/mol. The standard InChI is InChI=1S/C2H5O2P.Mg.2H/c3-2(4)1-5;;;/h1,5H2,(H,3,4);;;. The highest BCUT2D eigenvalue weighted by molar-refractivity contribution is 7.18. The van der Waals surface area contributed by atoms with Crippen LogP contribution in [0.4, 0.5) is 0 Å². The smallest absolute Gasteiger partial charge is 0.316 e. The van der Waals surface area contributed by atoms with E-state index < -0.39 is 5.97 Å². The van der Waals surface area contributed by atoms with Gasteiger partial charge in [0.05, 0.1) is 6.16 Å². The molecule has 1 unspecified atom stereocenters. The van der Waals surface area contributed by atoms with E-state index in [1.807, 2.05) is 0 Å². The van der Waals surface area contributed by atoms with Gasteiger partial charge in [0.1, 0.15) is 0 Å². The second kappa shape index (κ2) is 5.67. The van der Waals surface area contributed by atoms with Gasteiger partial charge in [0.2, 0.25) is 0 Å². The zero-order valence-electron chi connectivity index (χ0n) is 2.64. The molecule has 0 bridgehead atoms. The van der Waals surface area contributed by atoms with Crippen molar-refractivity contribution in [2.45, 2.75) is 0 Å². The summed E-state index contributed by atoms with van der Waals surface area (Å²) in [4.78, 5) is 9.35. The lowest BCUT2D eigenvalue weighted by atomic mass is 10.8. The molecule has 0 radical (unpaired) electrons. The summed E-state index contributed by atoms with van der Waals surface area (Å²) in [5.41, 5.74) is 0. The Labute approximate surface area is 54.7 Å². The van der Waals surface area contributed by atoms with E-state index in [2.05, 4.69) is 9.24 Å². The van der Waals surface area contributed by atoms with Crippen LogP contribution in [0.5, 0.6) is 0 Å². The molecule has 0 aromatic carbocycles. The molecular formula is C2H7MgO2P. The van der Waals surface area contributed by atoms with Crippen LogP contribution >= 0.6 is 9.24 Å². The highest BCUT2D eigenvalue weighted by atomic mass is 31.0. The van der Waals surface area contributed by atoms with Crippen LogP contribution in [-0.4, -0.2) is 40.3 Å². The molecule has 0 aliphatic heterocycles. The number of carboxylic acids is 1. The van der Waals surface area contributed by atoms with E-state index in [1.54, 1.807) is 0 Å². The van der Waals surface area contributed by atoms with Gasteiger partial charge in [-0.3, -0.25) is 4.79 Å². The minimum atomic E-state index is -0.782. The lowest BCUT2D eigenvalue weighted by Crippen LogP contribution is -1.92. The minimum absolute atomic E-state index is 0. The van der Waals surface area contributed by atoms with Gasteiger partial charge in [-0.15, -0.1) is 9.24 Å². The van der Waals surface area contributed by atoms with E-state index in [9.17, 15) is 4.79 Å². The zero-order valence-corrected chi connectivity index (χ0v) is 3.79. The topological polar surface area (TPSA) is 37.3 Å². The fraction of sp³-hybridized carbons (Fsp3) is 0.500. The van der Waals surface area contributed by atoms with Crippen molar-refractivity contribution < 1.29 is 9.90 Å². The fourth-order valence-corrected chi connectivity index (χ4v) is 0. The van der Waals surface area contributed by atoms with Crippen molar-refractivity contribution in [2.24, 2.45) is 0 Å². The molecule has 4 heteroatoms. The summed E-state index contributed by atoms with van der Waals surface area (Å²) in [6.07, 6.45) is 0.139. The highest BCUT2D eigenvalue weighted by Gasteiger charge is 1.81. The van der Waals surface area contributed by atoms with Crippen molar-refractivity contribution in [3.8, 4) is 0 Å². The SMILES string of the molecule is O=C(O)CP.[MgH2]. The second-order valence-corrected chi connectivity index (χ2v) is 1.01. The van der Waals surface area contributed by atoms with Crippen LogP contribution in [0.15, 0.2) is 0 Å². The molecule has 0 aliphatic carbocycles. The maximum atomic E-state index is 9.35. The van der Waals surface area contributed by atoms with Gasteiger partial charge >= 0.3 is 29.0 Å². The third kappa shape index (κ3) is 8.82. The Morgan fingerprint density at radius 1 is 1.83 bits per heavy atom. The van der Waals surface area contributed by atoms with E-state index in [4.69, 9.17) is 5.11 Å². The van der Waals surface area contributed by atoms with E-state index in [-0.39, 0.29) is 29.2 Å². The first-order valence-electron chi connectivity index (χ1n) is 1.19. The predicted octanol–water partition coefficient (Wildman–Crippen LogP) is -0.970. The number of hydrogen-bond donors (Lipinski definition) is 1. The summed E-state index contributed by atoms with van der Waals surface area (Å²) in [5.74, 6) is -0.782. The molecule has 1 atom stereocenters. The highest BCUT2D eigenvalue weighted by Crippen LogP contribution is 1.74. The van der Waals surface area contributed by atoms with E-state index >= 15 is 0 Å². The molecule has 1 N–H and O–H groups in total.